The van der Waals surface area contributed by atoms with Crippen molar-refractivity contribution in [3.8, 4) is 0 Å². The minimum atomic E-state index is -1.19. The Morgan fingerprint density at radius 2 is 1.62 bits per heavy atom. The fourth-order valence-electron chi connectivity index (χ4n) is 6.04. The zero-order valence-electron chi connectivity index (χ0n) is 23.3. The second-order valence-electron chi connectivity index (χ2n) is 10.9. The molecule has 2 aromatic rings. The van der Waals surface area contributed by atoms with Crippen molar-refractivity contribution in [2.24, 2.45) is 10.9 Å². The third-order valence-corrected chi connectivity index (χ3v) is 8.09. The molecule has 4 rings (SSSR count). The number of hydrogen-bond acceptors (Lipinski definition) is 5. The number of carbonyl (C=O) groups is 3. The lowest BCUT2D eigenvalue weighted by molar-refractivity contribution is -0.140. The first kappa shape index (κ1) is 29.2. The summed E-state index contributed by atoms with van der Waals surface area (Å²) in [6.07, 6.45) is 5.59. The summed E-state index contributed by atoms with van der Waals surface area (Å²) >= 11 is 0. The van der Waals surface area contributed by atoms with Crippen LogP contribution in [0.25, 0.3) is 0 Å². The molecule has 0 spiro atoms. The first-order valence-corrected chi connectivity index (χ1v) is 14.1. The van der Waals surface area contributed by atoms with Crippen LogP contribution >= 0.6 is 0 Å². The van der Waals surface area contributed by atoms with Crippen molar-refractivity contribution in [3.63, 3.8) is 0 Å². The van der Waals surface area contributed by atoms with Gasteiger partial charge in [0.25, 0.3) is 0 Å². The standard InChI is InChI=1S/C32H39N3O5/c1-21-28(31(37)38)30(29(32(39)40)22(2)33-21)25-12-9-13-26(20-25)34-27(36)14-7-4-8-17-35-18-15-24(16-19-35)23-10-5-3-6-11-23/h3,5-6,9-13,20,24,28,30H,4,7-8,14-19H2,1-2H3,(H,34,36)(H,37,38)(H,39,40). The number of carboxylic acid groups (broad SMARTS) is 2. The number of unbranched alkanes of at least 4 members (excludes halogenated alkanes) is 2. The Hall–Kier alpha value is -3.78. The van der Waals surface area contributed by atoms with E-state index >= 15 is 0 Å². The van der Waals surface area contributed by atoms with E-state index in [4.69, 9.17) is 0 Å². The molecule has 0 aromatic heterocycles. The van der Waals surface area contributed by atoms with Crippen LogP contribution in [0.2, 0.25) is 0 Å². The molecule has 2 aromatic carbocycles. The predicted octanol–water partition coefficient (Wildman–Crippen LogP) is 5.68. The number of anilines is 1. The summed E-state index contributed by atoms with van der Waals surface area (Å²) in [6, 6.07) is 17.6. The number of hydrogen-bond donors (Lipinski definition) is 3. The third kappa shape index (κ3) is 7.24. The molecule has 3 N–H and O–H groups in total. The van der Waals surface area contributed by atoms with E-state index in [0.717, 1.165) is 38.9 Å². The average Bonchev–Trinajstić information content (AvgIpc) is 2.93. The van der Waals surface area contributed by atoms with E-state index in [9.17, 15) is 24.6 Å². The summed E-state index contributed by atoms with van der Waals surface area (Å²) in [4.78, 5) is 43.5. The van der Waals surface area contributed by atoms with Crippen LogP contribution in [0.5, 0.6) is 0 Å². The van der Waals surface area contributed by atoms with Gasteiger partial charge in [0.15, 0.2) is 0 Å². The van der Waals surface area contributed by atoms with Gasteiger partial charge in [0.1, 0.15) is 5.92 Å². The van der Waals surface area contributed by atoms with Crippen molar-refractivity contribution in [2.45, 2.75) is 64.2 Å². The number of rotatable bonds is 11. The van der Waals surface area contributed by atoms with Crippen LogP contribution in [0, 0.1) is 5.92 Å². The van der Waals surface area contributed by atoms with E-state index in [2.05, 4.69) is 45.5 Å². The highest BCUT2D eigenvalue weighted by Crippen LogP contribution is 2.39. The van der Waals surface area contributed by atoms with Crippen molar-refractivity contribution in [3.05, 3.63) is 77.0 Å². The summed E-state index contributed by atoms with van der Waals surface area (Å²) < 4.78 is 0. The number of aliphatic carboxylic acids is 2. The number of piperidine rings is 1. The molecule has 0 aliphatic carbocycles. The number of aliphatic imine (C=N–C) groups is 1. The Kier molecular flexibility index (Phi) is 9.88. The van der Waals surface area contributed by atoms with Crippen LogP contribution in [0.15, 0.2) is 70.9 Å². The topological polar surface area (TPSA) is 119 Å². The van der Waals surface area contributed by atoms with Gasteiger partial charge in [-0.3, -0.25) is 14.6 Å². The monoisotopic (exact) mass is 545 g/mol. The van der Waals surface area contributed by atoms with E-state index in [1.807, 2.05) is 0 Å². The van der Waals surface area contributed by atoms with Gasteiger partial charge in [0.05, 0.1) is 5.57 Å². The zero-order chi connectivity index (χ0) is 28.6. The molecule has 1 fully saturated rings. The number of nitrogens with zero attached hydrogens (tertiary/aromatic N) is 2. The van der Waals surface area contributed by atoms with Crippen LogP contribution in [0.1, 0.15) is 75.3 Å². The van der Waals surface area contributed by atoms with Gasteiger partial charge in [-0.25, -0.2) is 4.79 Å². The maximum absolute atomic E-state index is 12.6. The molecular weight excluding hydrogens is 506 g/mol. The van der Waals surface area contributed by atoms with E-state index in [1.54, 1.807) is 38.1 Å². The molecule has 2 aliphatic heterocycles. The largest absolute Gasteiger partial charge is 0.481 e. The maximum Gasteiger partial charge on any atom is 0.334 e. The van der Waals surface area contributed by atoms with Crippen molar-refractivity contribution in [2.75, 3.05) is 25.0 Å². The molecule has 2 atom stereocenters. The van der Waals surface area contributed by atoms with Crippen molar-refractivity contribution in [1.29, 1.82) is 0 Å². The van der Waals surface area contributed by atoms with Gasteiger partial charge >= 0.3 is 11.9 Å². The number of nitrogens with one attached hydrogen (secondary N) is 1. The van der Waals surface area contributed by atoms with Crippen molar-refractivity contribution in [1.82, 2.24) is 4.90 Å². The molecule has 2 heterocycles. The first-order valence-electron chi connectivity index (χ1n) is 14.1. The molecule has 0 saturated carbocycles. The van der Waals surface area contributed by atoms with Crippen molar-refractivity contribution < 1.29 is 24.6 Å². The molecular formula is C32H39N3O5. The quantitative estimate of drug-likeness (QED) is 0.313. The highest BCUT2D eigenvalue weighted by Gasteiger charge is 2.41. The second kappa shape index (κ2) is 13.5. The van der Waals surface area contributed by atoms with Gasteiger partial charge in [0, 0.05) is 29.4 Å². The molecule has 8 heteroatoms. The minimum absolute atomic E-state index is 0.0363. The van der Waals surface area contributed by atoms with Gasteiger partial charge in [-0.05, 0) is 88.3 Å². The van der Waals surface area contributed by atoms with Gasteiger partial charge < -0.3 is 20.4 Å². The highest BCUT2D eigenvalue weighted by atomic mass is 16.4. The second-order valence-corrected chi connectivity index (χ2v) is 10.9. The summed E-state index contributed by atoms with van der Waals surface area (Å²) in [5, 5.41) is 22.6. The summed E-state index contributed by atoms with van der Waals surface area (Å²) in [6.45, 7) is 6.47. The fraction of sp³-hybridized carbons (Fsp3) is 0.438. The molecule has 1 amide bonds. The SMILES string of the molecule is CC1=NC(C)=C(C(=O)O)C(c2cccc(NC(=O)CCCCCN3CCC(c4ccccc4)CC3)c2)C1C(=O)O. The molecule has 0 radical (unpaired) electrons. The molecule has 40 heavy (non-hydrogen) atoms. The zero-order valence-corrected chi connectivity index (χ0v) is 23.3. The number of allylic oxidation sites excluding steroid dienone is 1. The van der Waals surface area contributed by atoms with E-state index < -0.39 is 23.8 Å². The Balaban J connectivity index is 1.25. The third-order valence-electron chi connectivity index (χ3n) is 8.09. The predicted molar refractivity (Wildman–Crippen MR) is 156 cm³/mol. The van der Waals surface area contributed by atoms with Crippen molar-refractivity contribution >= 4 is 29.2 Å². The normalized spacial score (nSPS) is 20.2. The minimum Gasteiger partial charge on any atom is -0.481 e. The molecule has 8 nitrogen and oxygen atoms in total. The summed E-state index contributed by atoms with van der Waals surface area (Å²) in [5.41, 5.74) is 3.10. The van der Waals surface area contributed by atoms with Gasteiger partial charge in [-0.2, -0.15) is 0 Å². The number of benzene rings is 2. The van der Waals surface area contributed by atoms with Crippen LogP contribution in [0.4, 0.5) is 5.69 Å². The first-order chi connectivity index (χ1) is 19.2. The molecule has 2 unspecified atom stereocenters. The summed E-state index contributed by atoms with van der Waals surface area (Å²) in [5.74, 6) is -3.78. The molecule has 2 aliphatic rings. The number of likely N-dealkylation sites (tertiary alicyclic amines) is 1. The lowest BCUT2D eigenvalue weighted by atomic mass is 9.75. The van der Waals surface area contributed by atoms with Crippen LogP contribution in [-0.2, 0) is 14.4 Å². The smallest absolute Gasteiger partial charge is 0.334 e. The van der Waals surface area contributed by atoms with Crippen LogP contribution in [0.3, 0.4) is 0 Å². The molecule has 0 bridgehead atoms. The number of carbonyl (C=O) groups excluding carboxylic acids is 1. The Morgan fingerprint density at radius 3 is 2.30 bits per heavy atom. The number of amides is 1. The maximum atomic E-state index is 12.6. The van der Waals surface area contributed by atoms with Gasteiger partial charge in [0.2, 0.25) is 5.91 Å². The van der Waals surface area contributed by atoms with E-state index in [0.29, 0.717) is 35.0 Å². The van der Waals surface area contributed by atoms with Crippen LogP contribution in [-0.4, -0.2) is 58.3 Å². The van der Waals surface area contributed by atoms with Gasteiger partial charge in [-0.1, -0.05) is 48.9 Å². The average molecular weight is 546 g/mol. The lowest BCUT2D eigenvalue weighted by Gasteiger charge is -2.32. The molecule has 1 saturated heterocycles. The Bertz CT molecular complexity index is 1280. The summed E-state index contributed by atoms with van der Waals surface area (Å²) in [7, 11) is 0. The van der Waals surface area contributed by atoms with E-state index in [-0.39, 0.29) is 11.5 Å². The molecule has 212 valence electrons. The van der Waals surface area contributed by atoms with E-state index in [1.165, 1.54) is 18.4 Å². The highest BCUT2D eigenvalue weighted by molar-refractivity contribution is 6.06. The lowest BCUT2D eigenvalue weighted by Crippen LogP contribution is -2.34. The fourth-order valence-corrected chi connectivity index (χ4v) is 6.04. The Morgan fingerprint density at radius 1 is 0.925 bits per heavy atom. The Labute approximate surface area is 235 Å². The number of carboxylic acids is 2. The van der Waals surface area contributed by atoms with Crippen LogP contribution < -0.4 is 5.32 Å². The van der Waals surface area contributed by atoms with Gasteiger partial charge in [-0.15, -0.1) is 0 Å².